The number of carbonyl (C=O) groups excluding carboxylic acids is 2. The van der Waals surface area contributed by atoms with Crippen LogP contribution < -0.4 is 20.1 Å². The fourth-order valence-corrected chi connectivity index (χ4v) is 3.72. The molecule has 0 saturated carbocycles. The van der Waals surface area contributed by atoms with Crippen LogP contribution in [0.15, 0.2) is 30.5 Å². The Bertz CT molecular complexity index is 930. The van der Waals surface area contributed by atoms with Crippen molar-refractivity contribution in [3.8, 4) is 11.5 Å². The maximum atomic E-state index is 13.0. The van der Waals surface area contributed by atoms with Crippen molar-refractivity contribution in [2.24, 2.45) is 0 Å². The molecule has 1 aromatic heterocycles. The summed E-state index contributed by atoms with van der Waals surface area (Å²) in [6, 6.07) is 7.40. The fourth-order valence-electron chi connectivity index (χ4n) is 3.72. The number of hydrogen-bond donors (Lipinski definition) is 2. The molecule has 0 spiro atoms. The topological polar surface area (TPSA) is 92.8 Å². The Kier molecular flexibility index (Phi) is 4.77. The number of anilines is 2. The lowest BCUT2D eigenvalue weighted by atomic mass is 9.97. The zero-order valence-corrected chi connectivity index (χ0v) is 15.8. The lowest BCUT2D eigenvalue weighted by Crippen LogP contribution is -2.31. The van der Waals surface area contributed by atoms with Crippen LogP contribution in [-0.4, -0.2) is 55.6 Å². The van der Waals surface area contributed by atoms with Gasteiger partial charge < -0.3 is 25.0 Å². The highest BCUT2D eigenvalue weighted by atomic mass is 16.5. The SMILES string of the molecule is COc1ccc(OC)c(C2CCN(C(=O)c3cnc4c(c3)NC(=O)CN4)C2)c1. The van der Waals surface area contributed by atoms with E-state index in [1.54, 1.807) is 26.5 Å². The summed E-state index contributed by atoms with van der Waals surface area (Å²) in [5, 5.41) is 5.67. The molecule has 0 bridgehead atoms. The monoisotopic (exact) mass is 382 g/mol. The van der Waals surface area contributed by atoms with Gasteiger partial charge in [0.1, 0.15) is 17.3 Å². The first-order valence-corrected chi connectivity index (χ1v) is 9.14. The molecule has 8 nitrogen and oxygen atoms in total. The van der Waals surface area contributed by atoms with Gasteiger partial charge in [0.2, 0.25) is 5.91 Å². The second-order valence-electron chi connectivity index (χ2n) is 6.87. The second-order valence-corrected chi connectivity index (χ2v) is 6.87. The molecule has 1 aromatic carbocycles. The molecule has 0 aliphatic carbocycles. The van der Waals surface area contributed by atoms with Gasteiger partial charge in [-0.3, -0.25) is 9.59 Å². The van der Waals surface area contributed by atoms with Crippen LogP contribution in [0.25, 0.3) is 0 Å². The molecule has 2 aliphatic rings. The minimum Gasteiger partial charge on any atom is -0.497 e. The van der Waals surface area contributed by atoms with E-state index in [2.05, 4.69) is 15.6 Å². The highest BCUT2D eigenvalue weighted by Gasteiger charge is 2.30. The van der Waals surface area contributed by atoms with Crippen LogP contribution in [0.4, 0.5) is 11.5 Å². The number of nitrogens with zero attached hydrogens (tertiary/aromatic N) is 2. The average Bonchev–Trinajstić information content (AvgIpc) is 3.22. The van der Waals surface area contributed by atoms with Gasteiger partial charge in [-0.05, 0) is 30.7 Å². The maximum Gasteiger partial charge on any atom is 0.255 e. The molecule has 28 heavy (non-hydrogen) atoms. The molecule has 1 saturated heterocycles. The molecular weight excluding hydrogens is 360 g/mol. The van der Waals surface area contributed by atoms with Crippen LogP contribution in [0.5, 0.6) is 11.5 Å². The van der Waals surface area contributed by atoms with Crippen LogP contribution in [-0.2, 0) is 4.79 Å². The van der Waals surface area contributed by atoms with E-state index in [0.717, 1.165) is 23.5 Å². The van der Waals surface area contributed by atoms with Gasteiger partial charge in [0.15, 0.2) is 0 Å². The Hall–Kier alpha value is -3.29. The Morgan fingerprint density at radius 3 is 2.89 bits per heavy atom. The summed E-state index contributed by atoms with van der Waals surface area (Å²) in [6.07, 6.45) is 2.39. The fraction of sp³-hybridized carbons (Fsp3) is 0.350. The van der Waals surface area contributed by atoms with E-state index >= 15 is 0 Å². The molecular formula is C20H22N4O4. The number of aromatic nitrogens is 1. The van der Waals surface area contributed by atoms with E-state index in [1.165, 1.54) is 0 Å². The van der Waals surface area contributed by atoms with Gasteiger partial charge >= 0.3 is 0 Å². The van der Waals surface area contributed by atoms with Gasteiger partial charge in [-0.1, -0.05) is 0 Å². The predicted octanol–water partition coefficient (Wildman–Crippen LogP) is 2.09. The van der Waals surface area contributed by atoms with E-state index in [0.29, 0.717) is 30.2 Å². The lowest BCUT2D eigenvalue weighted by molar-refractivity contribution is -0.114. The third kappa shape index (κ3) is 3.33. The van der Waals surface area contributed by atoms with E-state index in [9.17, 15) is 9.59 Å². The molecule has 3 heterocycles. The molecule has 4 rings (SSSR count). The molecule has 1 atom stereocenters. The van der Waals surface area contributed by atoms with E-state index < -0.39 is 0 Å². The second kappa shape index (κ2) is 7.38. The Labute approximate surface area is 162 Å². The highest BCUT2D eigenvalue weighted by Crippen LogP contribution is 2.36. The van der Waals surface area contributed by atoms with E-state index in [4.69, 9.17) is 9.47 Å². The third-order valence-electron chi connectivity index (χ3n) is 5.18. The van der Waals surface area contributed by atoms with E-state index in [1.807, 2.05) is 23.1 Å². The number of fused-ring (bicyclic) bond motifs is 1. The van der Waals surface area contributed by atoms with Crippen LogP contribution in [0.2, 0.25) is 0 Å². The van der Waals surface area contributed by atoms with Gasteiger partial charge in [-0.15, -0.1) is 0 Å². The van der Waals surface area contributed by atoms with Gasteiger partial charge in [-0.2, -0.15) is 0 Å². The van der Waals surface area contributed by atoms with Crippen molar-refractivity contribution < 1.29 is 19.1 Å². The quantitative estimate of drug-likeness (QED) is 0.841. The number of benzene rings is 1. The standard InChI is InChI=1S/C20H22N4O4/c1-27-14-3-4-17(28-2)15(8-14)12-5-6-24(11-12)20(26)13-7-16-19(21-9-13)22-10-18(25)23-16/h3-4,7-9,12H,5-6,10-11H2,1-2H3,(H,21,22)(H,23,25). The number of pyridine rings is 1. The Morgan fingerprint density at radius 1 is 1.25 bits per heavy atom. The molecule has 2 amide bonds. The van der Waals surface area contributed by atoms with Gasteiger partial charge in [0.05, 0.1) is 32.0 Å². The first-order valence-electron chi connectivity index (χ1n) is 9.14. The summed E-state index contributed by atoms with van der Waals surface area (Å²) in [7, 11) is 3.27. The number of carbonyl (C=O) groups is 2. The smallest absolute Gasteiger partial charge is 0.255 e. The van der Waals surface area contributed by atoms with Gasteiger partial charge in [-0.25, -0.2) is 4.98 Å². The molecule has 2 N–H and O–H groups in total. The molecule has 2 aliphatic heterocycles. The number of amides is 2. The Balaban J connectivity index is 1.52. The summed E-state index contributed by atoms with van der Waals surface area (Å²) in [5.41, 5.74) is 2.03. The van der Waals surface area contributed by atoms with Crippen LogP contribution >= 0.6 is 0 Å². The number of hydrogen-bond acceptors (Lipinski definition) is 6. The zero-order valence-electron chi connectivity index (χ0n) is 15.8. The first kappa shape index (κ1) is 18.1. The first-order chi connectivity index (χ1) is 13.6. The van der Waals surface area contributed by atoms with Crippen molar-refractivity contribution in [1.29, 1.82) is 0 Å². The van der Waals surface area contributed by atoms with E-state index in [-0.39, 0.29) is 24.3 Å². The van der Waals surface area contributed by atoms with Crippen molar-refractivity contribution in [2.75, 3.05) is 44.5 Å². The highest BCUT2D eigenvalue weighted by molar-refractivity contribution is 6.02. The van der Waals surface area contributed by atoms with Crippen molar-refractivity contribution in [2.45, 2.75) is 12.3 Å². The Morgan fingerprint density at radius 2 is 2.11 bits per heavy atom. The normalized spacial score (nSPS) is 18.1. The summed E-state index contributed by atoms with van der Waals surface area (Å²) < 4.78 is 10.8. The number of rotatable bonds is 4. The molecule has 1 unspecified atom stereocenters. The largest absolute Gasteiger partial charge is 0.497 e. The van der Waals surface area contributed by atoms with Gasteiger partial charge in [0.25, 0.3) is 5.91 Å². The number of nitrogens with one attached hydrogen (secondary N) is 2. The molecule has 1 fully saturated rings. The van der Waals surface area contributed by atoms with Crippen LogP contribution in [0, 0.1) is 0 Å². The lowest BCUT2D eigenvalue weighted by Gasteiger charge is -2.21. The zero-order chi connectivity index (χ0) is 19.7. The van der Waals surface area contributed by atoms with Crippen molar-refractivity contribution in [1.82, 2.24) is 9.88 Å². The predicted molar refractivity (Wildman–Crippen MR) is 104 cm³/mol. The minimum absolute atomic E-state index is 0.0977. The summed E-state index contributed by atoms with van der Waals surface area (Å²) in [5.74, 6) is 2.06. The minimum atomic E-state index is -0.148. The molecule has 8 heteroatoms. The summed E-state index contributed by atoms with van der Waals surface area (Å²) in [6.45, 7) is 1.42. The maximum absolute atomic E-state index is 13.0. The summed E-state index contributed by atoms with van der Waals surface area (Å²) >= 11 is 0. The molecule has 2 aromatic rings. The van der Waals surface area contributed by atoms with Crippen molar-refractivity contribution in [3.63, 3.8) is 0 Å². The number of likely N-dealkylation sites (tertiary alicyclic amines) is 1. The summed E-state index contributed by atoms with van der Waals surface area (Å²) in [4.78, 5) is 30.6. The number of ether oxygens (including phenoxy) is 2. The van der Waals surface area contributed by atoms with Crippen molar-refractivity contribution >= 4 is 23.3 Å². The van der Waals surface area contributed by atoms with Crippen LogP contribution in [0.1, 0.15) is 28.3 Å². The molecule has 0 radical (unpaired) electrons. The molecule has 146 valence electrons. The van der Waals surface area contributed by atoms with Crippen LogP contribution in [0.3, 0.4) is 0 Å². The third-order valence-corrected chi connectivity index (χ3v) is 5.18. The number of methoxy groups -OCH3 is 2. The van der Waals surface area contributed by atoms with Crippen molar-refractivity contribution in [3.05, 3.63) is 41.6 Å². The van der Waals surface area contributed by atoms with Gasteiger partial charge in [0, 0.05) is 30.8 Å². The average molecular weight is 382 g/mol.